The Morgan fingerprint density at radius 1 is 1.47 bits per heavy atom. The molecule has 0 aromatic carbocycles. The zero-order valence-corrected chi connectivity index (χ0v) is 12.0. The van der Waals surface area contributed by atoms with Crippen LogP contribution in [0.2, 0.25) is 0 Å². The summed E-state index contributed by atoms with van der Waals surface area (Å²) in [4.78, 5) is 0. The van der Waals surface area contributed by atoms with E-state index < -0.39 is 0 Å². The van der Waals surface area contributed by atoms with Gasteiger partial charge in [-0.2, -0.15) is 5.10 Å². The van der Waals surface area contributed by atoms with Gasteiger partial charge in [0.05, 0.1) is 28.2 Å². The molecule has 0 N–H and O–H groups in total. The molecule has 0 amide bonds. The SMILES string of the molecule is CC[C@H](C)n1ncc(I)c1COC(C)C. The van der Waals surface area contributed by atoms with Crippen LogP contribution in [0.5, 0.6) is 0 Å². The van der Waals surface area contributed by atoms with Crippen molar-refractivity contribution in [3.63, 3.8) is 0 Å². The van der Waals surface area contributed by atoms with Crippen LogP contribution in [0.1, 0.15) is 45.9 Å². The molecule has 0 fully saturated rings. The number of rotatable bonds is 5. The van der Waals surface area contributed by atoms with Gasteiger partial charge in [-0.25, -0.2) is 0 Å². The standard InChI is InChI=1S/C11H19IN2O/c1-5-9(4)14-11(7-15-8(2)3)10(12)6-13-14/h6,8-9H,5,7H2,1-4H3/t9-/m0/s1. The number of hydrogen-bond donors (Lipinski definition) is 0. The zero-order valence-electron chi connectivity index (χ0n) is 9.83. The molecule has 0 radical (unpaired) electrons. The number of halogens is 1. The van der Waals surface area contributed by atoms with Gasteiger partial charge in [-0.3, -0.25) is 4.68 Å². The van der Waals surface area contributed by atoms with Crippen molar-refractivity contribution in [3.05, 3.63) is 15.5 Å². The molecule has 0 bridgehead atoms. The Morgan fingerprint density at radius 3 is 2.67 bits per heavy atom. The molecule has 86 valence electrons. The molecule has 0 aliphatic carbocycles. The fourth-order valence-electron chi connectivity index (χ4n) is 1.30. The minimum atomic E-state index is 0.265. The average molecular weight is 322 g/mol. The number of nitrogens with zero attached hydrogens (tertiary/aromatic N) is 2. The number of ether oxygens (including phenoxy) is 1. The third kappa shape index (κ3) is 3.45. The lowest BCUT2D eigenvalue weighted by Crippen LogP contribution is -2.13. The van der Waals surface area contributed by atoms with E-state index in [0.717, 1.165) is 6.42 Å². The second-order valence-electron chi connectivity index (χ2n) is 4.00. The molecule has 0 saturated heterocycles. The van der Waals surface area contributed by atoms with Crippen molar-refractivity contribution in [3.8, 4) is 0 Å². The maximum atomic E-state index is 5.64. The van der Waals surface area contributed by atoms with Crippen LogP contribution in [0.15, 0.2) is 6.20 Å². The van der Waals surface area contributed by atoms with Crippen LogP contribution in [-0.4, -0.2) is 15.9 Å². The number of aromatic nitrogens is 2. The van der Waals surface area contributed by atoms with E-state index in [9.17, 15) is 0 Å². The largest absolute Gasteiger partial charge is 0.372 e. The molecule has 1 heterocycles. The van der Waals surface area contributed by atoms with Crippen LogP contribution in [0.3, 0.4) is 0 Å². The Balaban J connectivity index is 2.79. The molecule has 1 aromatic heterocycles. The van der Waals surface area contributed by atoms with Crippen LogP contribution >= 0.6 is 22.6 Å². The lowest BCUT2D eigenvalue weighted by Gasteiger charge is -2.15. The van der Waals surface area contributed by atoms with Gasteiger partial charge in [-0.1, -0.05) is 6.92 Å². The van der Waals surface area contributed by atoms with Gasteiger partial charge in [0.15, 0.2) is 0 Å². The summed E-state index contributed by atoms with van der Waals surface area (Å²) in [5.41, 5.74) is 1.19. The van der Waals surface area contributed by atoms with Crippen LogP contribution < -0.4 is 0 Å². The summed E-state index contributed by atoms with van der Waals surface area (Å²) in [5.74, 6) is 0. The highest BCUT2D eigenvalue weighted by Gasteiger charge is 2.13. The first-order valence-corrected chi connectivity index (χ1v) is 6.47. The van der Waals surface area contributed by atoms with Gasteiger partial charge in [0.2, 0.25) is 0 Å². The summed E-state index contributed by atoms with van der Waals surface area (Å²) in [6, 6.07) is 0.444. The first-order valence-electron chi connectivity index (χ1n) is 5.39. The quantitative estimate of drug-likeness (QED) is 0.777. The van der Waals surface area contributed by atoms with E-state index in [-0.39, 0.29) is 6.10 Å². The van der Waals surface area contributed by atoms with Crippen molar-refractivity contribution < 1.29 is 4.74 Å². The fraction of sp³-hybridized carbons (Fsp3) is 0.727. The Bertz CT molecular complexity index is 310. The molecular weight excluding hydrogens is 303 g/mol. The lowest BCUT2D eigenvalue weighted by atomic mass is 10.2. The Kier molecular flexibility index (Phi) is 5.05. The summed E-state index contributed by atoms with van der Waals surface area (Å²) in [7, 11) is 0. The van der Waals surface area contributed by atoms with E-state index in [1.165, 1.54) is 9.26 Å². The first kappa shape index (κ1) is 13.0. The summed E-state index contributed by atoms with van der Waals surface area (Å²) in [6.45, 7) is 9.11. The first-order chi connectivity index (χ1) is 7.06. The van der Waals surface area contributed by atoms with Gasteiger partial charge in [0.1, 0.15) is 0 Å². The smallest absolute Gasteiger partial charge is 0.0899 e. The topological polar surface area (TPSA) is 27.1 Å². The molecule has 0 saturated carbocycles. The predicted octanol–water partition coefficient (Wildman–Crippen LogP) is 3.38. The van der Waals surface area contributed by atoms with E-state index in [1.807, 2.05) is 6.20 Å². The molecule has 4 heteroatoms. The van der Waals surface area contributed by atoms with E-state index in [0.29, 0.717) is 12.6 Å². The monoisotopic (exact) mass is 322 g/mol. The van der Waals surface area contributed by atoms with Crippen LogP contribution in [-0.2, 0) is 11.3 Å². The summed E-state index contributed by atoms with van der Waals surface area (Å²) in [5, 5.41) is 4.39. The maximum Gasteiger partial charge on any atom is 0.0899 e. The Labute approximate surface area is 105 Å². The molecule has 0 aliphatic heterocycles. The van der Waals surface area contributed by atoms with Gasteiger partial charge in [0, 0.05) is 6.04 Å². The lowest BCUT2D eigenvalue weighted by molar-refractivity contribution is 0.0598. The molecule has 1 aromatic rings. The molecule has 1 atom stereocenters. The van der Waals surface area contributed by atoms with E-state index >= 15 is 0 Å². The van der Waals surface area contributed by atoms with Crippen LogP contribution in [0, 0.1) is 3.57 Å². The minimum Gasteiger partial charge on any atom is -0.372 e. The highest BCUT2D eigenvalue weighted by molar-refractivity contribution is 14.1. The third-order valence-corrected chi connectivity index (χ3v) is 3.31. The maximum absolute atomic E-state index is 5.64. The van der Waals surface area contributed by atoms with Gasteiger partial charge in [0.25, 0.3) is 0 Å². The minimum absolute atomic E-state index is 0.265. The fourth-order valence-corrected chi connectivity index (χ4v) is 1.83. The third-order valence-electron chi connectivity index (χ3n) is 2.41. The Morgan fingerprint density at radius 2 is 2.13 bits per heavy atom. The van der Waals surface area contributed by atoms with Crippen LogP contribution in [0.4, 0.5) is 0 Å². The van der Waals surface area contributed by atoms with Gasteiger partial charge < -0.3 is 4.74 Å². The van der Waals surface area contributed by atoms with E-state index in [1.54, 1.807) is 0 Å². The van der Waals surface area contributed by atoms with Crippen molar-refractivity contribution in [2.75, 3.05) is 0 Å². The summed E-state index contributed by atoms with van der Waals surface area (Å²) in [6.07, 6.45) is 3.26. The second-order valence-corrected chi connectivity index (χ2v) is 5.16. The molecule has 0 unspecified atom stereocenters. The van der Waals surface area contributed by atoms with Crippen molar-refractivity contribution >= 4 is 22.6 Å². The summed E-state index contributed by atoms with van der Waals surface area (Å²) < 4.78 is 8.90. The highest BCUT2D eigenvalue weighted by Crippen LogP contribution is 2.19. The molecule has 3 nitrogen and oxygen atoms in total. The van der Waals surface area contributed by atoms with Gasteiger partial charge in [-0.05, 0) is 49.8 Å². The second kappa shape index (κ2) is 5.84. The van der Waals surface area contributed by atoms with Crippen molar-refractivity contribution in [1.29, 1.82) is 0 Å². The Hall–Kier alpha value is -0.100. The van der Waals surface area contributed by atoms with Gasteiger partial charge >= 0.3 is 0 Å². The van der Waals surface area contributed by atoms with Crippen molar-refractivity contribution in [2.45, 2.75) is 52.9 Å². The van der Waals surface area contributed by atoms with Crippen LogP contribution in [0.25, 0.3) is 0 Å². The average Bonchev–Trinajstić information content (AvgIpc) is 2.55. The zero-order chi connectivity index (χ0) is 11.4. The number of hydrogen-bond acceptors (Lipinski definition) is 2. The molecule has 0 spiro atoms. The van der Waals surface area contributed by atoms with E-state index in [2.05, 4.69) is 60.1 Å². The molecule has 1 rings (SSSR count). The van der Waals surface area contributed by atoms with Crippen molar-refractivity contribution in [1.82, 2.24) is 9.78 Å². The van der Waals surface area contributed by atoms with Gasteiger partial charge in [-0.15, -0.1) is 0 Å². The van der Waals surface area contributed by atoms with E-state index in [4.69, 9.17) is 4.74 Å². The molecule has 0 aliphatic rings. The van der Waals surface area contributed by atoms with Crippen molar-refractivity contribution in [2.24, 2.45) is 0 Å². The predicted molar refractivity (Wildman–Crippen MR) is 69.9 cm³/mol. The normalized spacial score (nSPS) is 13.5. The molecule has 15 heavy (non-hydrogen) atoms. The molecular formula is C11H19IN2O. The summed E-state index contributed by atoms with van der Waals surface area (Å²) >= 11 is 2.31. The highest BCUT2D eigenvalue weighted by atomic mass is 127.